The lowest BCUT2D eigenvalue weighted by Gasteiger charge is -2.36. The second kappa shape index (κ2) is 9.09. The van der Waals surface area contributed by atoms with E-state index in [2.05, 4.69) is 32.2 Å². The fourth-order valence-corrected chi connectivity index (χ4v) is 5.06. The number of imidazole rings is 1. The van der Waals surface area contributed by atoms with E-state index in [1.807, 2.05) is 16.4 Å². The Kier molecular flexibility index (Phi) is 6.10. The molecular weight excluding hydrogens is 459 g/mol. The topological polar surface area (TPSA) is 88.8 Å². The zero-order valence-corrected chi connectivity index (χ0v) is 19.7. The summed E-state index contributed by atoms with van der Waals surface area (Å²) in [5.74, 6) is 2.12. The van der Waals surface area contributed by atoms with Crippen molar-refractivity contribution in [2.24, 2.45) is 11.8 Å². The van der Waals surface area contributed by atoms with Gasteiger partial charge in [0.05, 0.1) is 0 Å². The molecule has 0 spiro atoms. The minimum Gasteiger partial charge on any atom is -0.364 e. The first-order valence-electron chi connectivity index (χ1n) is 12.1. The number of likely N-dealkylation sites (tertiary alicyclic amines) is 1. The van der Waals surface area contributed by atoms with Crippen molar-refractivity contribution in [3.8, 4) is 11.4 Å². The van der Waals surface area contributed by atoms with Crippen molar-refractivity contribution in [1.82, 2.24) is 29.4 Å². The maximum absolute atomic E-state index is 12.9. The highest BCUT2D eigenvalue weighted by Crippen LogP contribution is 2.38. The van der Waals surface area contributed by atoms with Crippen LogP contribution < -0.4 is 5.32 Å². The third kappa shape index (κ3) is 4.43. The zero-order chi connectivity index (χ0) is 24.7. The number of nitrogens with one attached hydrogen (secondary N) is 1. The number of hydrogen-bond acceptors (Lipinski definition) is 6. The number of fused-ring (bicyclic) bond motifs is 1. The van der Waals surface area contributed by atoms with Crippen LogP contribution in [0.2, 0.25) is 0 Å². The third-order valence-electron chi connectivity index (χ3n) is 7.16. The van der Waals surface area contributed by atoms with Crippen molar-refractivity contribution < 1.29 is 18.0 Å². The Hall–Kier alpha value is -3.24. The standard InChI is InChI=1S/C24H28F3N7O/c1-3-14-9-16(10-14)23(35)33-8-7-17(12-33)31-20-19-22(30-13-29-20)34(4-2)21(32-19)15-5-6-18(28-11-15)24(25,26)27/h5-6,11,13-14,16-17H,3-4,7-10,12H2,1-2H3,(H,29,30,31)/t14?,16?,17-/m0/s1. The summed E-state index contributed by atoms with van der Waals surface area (Å²) in [4.78, 5) is 31.8. The van der Waals surface area contributed by atoms with Gasteiger partial charge < -0.3 is 14.8 Å². The molecule has 2 fully saturated rings. The summed E-state index contributed by atoms with van der Waals surface area (Å²) in [7, 11) is 0. The number of nitrogens with zero attached hydrogens (tertiary/aromatic N) is 6. The molecule has 1 N–H and O–H groups in total. The minimum absolute atomic E-state index is 0.0436. The number of rotatable bonds is 6. The lowest BCUT2D eigenvalue weighted by molar-refractivity contribution is -0.141. The largest absolute Gasteiger partial charge is 0.433 e. The van der Waals surface area contributed by atoms with E-state index in [-0.39, 0.29) is 17.9 Å². The smallest absolute Gasteiger partial charge is 0.364 e. The average Bonchev–Trinajstić information content (AvgIpc) is 3.43. The molecule has 1 atom stereocenters. The molecule has 35 heavy (non-hydrogen) atoms. The van der Waals surface area contributed by atoms with Crippen molar-refractivity contribution in [2.45, 2.75) is 58.3 Å². The Morgan fingerprint density at radius 2 is 1.97 bits per heavy atom. The maximum atomic E-state index is 12.9. The number of pyridine rings is 1. The Bertz CT molecular complexity index is 1220. The van der Waals surface area contributed by atoms with Gasteiger partial charge in [0.15, 0.2) is 17.0 Å². The van der Waals surface area contributed by atoms with Crippen LogP contribution in [0.5, 0.6) is 0 Å². The summed E-state index contributed by atoms with van der Waals surface area (Å²) in [6.07, 6.45) is 2.06. The van der Waals surface area contributed by atoms with Gasteiger partial charge in [-0.05, 0) is 44.2 Å². The molecule has 1 amide bonds. The number of halogens is 3. The van der Waals surface area contributed by atoms with Crippen LogP contribution >= 0.6 is 0 Å². The van der Waals surface area contributed by atoms with E-state index in [1.165, 1.54) is 18.6 Å². The molecule has 1 saturated carbocycles. The second-order valence-corrected chi connectivity index (χ2v) is 9.36. The first-order valence-corrected chi connectivity index (χ1v) is 12.1. The second-order valence-electron chi connectivity index (χ2n) is 9.36. The van der Waals surface area contributed by atoms with E-state index in [1.54, 1.807) is 0 Å². The fraction of sp³-hybridized carbons (Fsp3) is 0.542. The summed E-state index contributed by atoms with van der Waals surface area (Å²) < 4.78 is 40.6. The van der Waals surface area contributed by atoms with E-state index >= 15 is 0 Å². The summed E-state index contributed by atoms with van der Waals surface area (Å²) in [5, 5.41) is 3.42. The molecule has 1 aliphatic heterocycles. The molecule has 1 aliphatic carbocycles. The van der Waals surface area contributed by atoms with Crippen LogP contribution in [-0.4, -0.2) is 54.4 Å². The van der Waals surface area contributed by atoms with Crippen LogP contribution in [0, 0.1) is 11.8 Å². The van der Waals surface area contributed by atoms with Crippen LogP contribution in [0.3, 0.4) is 0 Å². The molecule has 5 rings (SSSR count). The van der Waals surface area contributed by atoms with E-state index in [0.29, 0.717) is 53.9 Å². The molecule has 186 valence electrons. The van der Waals surface area contributed by atoms with Gasteiger partial charge in [0, 0.05) is 43.4 Å². The monoisotopic (exact) mass is 487 g/mol. The van der Waals surface area contributed by atoms with Crippen LogP contribution in [0.4, 0.5) is 19.0 Å². The first kappa shape index (κ1) is 23.5. The summed E-state index contributed by atoms with van der Waals surface area (Å²) in [6, 6.07) is 2.37. The van der Waals surface area contributed by atoms with Crippen molar-refractivity contribution in [3.05, 3.63) is 30.4 Å². The Morgan fingerprint density at radius 3 is 2.63 bits per heavy atom. The van der Waals surface area contributed by atoms with Gasteiger partial charge in [-0.1, -0.05) is 13.3 Å². The SMILES string of the molecule is CCC1CC(C(=O)N2CC[C@H](Nc3ncnc4c3nc(-c3ccc(C(F)(F)F)nc3)n4CC)C2)C1. The average molecular weight is 488 g/mol. The van der Waals surface area contributed by atoms with Gasteiger partial charge in [0.1, 0.15) is 17.8 Å². The number of hydrogen-bond donors (Lipinski definition) is 1. The molecular formula is C24H28F3N7O. The highest BCUT2D eigenvalue weighted by Gasteiger charge is 2.38. The number of aryl methyl sites for hydroxylation is 1. The molecule has 3 aromatic rings. The Labute approximate surface area is 201 Å². The Balaban J connectivity index is 1.35. The van der Waals surface area contributed by atoms with Gasteiger partial charge in [0.25, 0.3) is 0 Å². The molecule has 1 saturated heterocycles. The molecule has 4 heterocycles. The predicted molar refractivity (Wildman–Crippen MR) is 124 cm³/mol. The molecule has 11 heteroatoms. The van der Waals surface area contributed by atoms with Crippen LogP contribution in [0.1, 0.15) is 45.2 Å². The van der Waals surface area contributed by atoms with Crippen LogP contribution in [0.25, 0.3) is 22.6 Å². The molecule has 0 unspecified atom stereocenters. The highest BCUT2D eigenvalue weighted by molar-refractivity contribution is 5.86. The fourth-order valence-electron chi connectivity index (χ4n) is 5.06. The van der Waals surface area contributed by atoms with Gasteiger partial charge in [-0.25, -0.2) is 15.0 Å². The zero-order valence-electron chi connectivity index (χ0n) is 19.7. The van der Waals surface area contributed by atoms with E-state index in [9.17, 15) is 18.0 Å². The summed E-state index contributed by atoms with van der Waals surface area (Å²) in [6.45, 7) is 5.94. The van der Waals surface area contributed by atoms with Crippen molar-refractivity contribution in [2.75, 3.05) is 18.4 Å². The van der Waals surface area contributed by atoms with E-state index in [0.717, 1.165) is 31.7 Å². The molecule has 8 nitrogen and oxygen atoms in total. The van der Waals surface area contributed by atoms with Crippen LogP contribution in [-0.2, 0) is 17.5 Å². The summed E-state index contributed by atoms with van der Waals surface area (Å²) in [5.41, 5.74) is 0.645. The molecule has 3 aromatic heterocycles. The molecule has 2 aliphatic rings. The molecule has 0 radical (unpaired) electrons. The number of aromatic nitrogens is 5. The van der Waals surface area contributed by atoms with Crippen molar-refractivity contribution in [1.29, 1.82) is 0 Å². The predicted octanol–water partition coefficient (Wildman–Crippen LogP) is 4.38. The Morgan fingerprint density at radius 1 is 1.17 bits per heavy atom. The van der Waals surface area contributed by atoms with Crippen molar-refractivity contribution in [3.63, 3.8) is 0 Å². The number of carbonyl (C=O) groups excluding carboxylic acids is 1. The normalized spacial score (nSPS) is 22.4. The number of anilines is 1. The van der Waals surface area contributed by atoms with Gasteiger partial charge in [-0.3, -0.25) is 9.78 Å². The lowest BCUT2D eigenvalue weighted by Crippen LogP contribution is -2.41. The van der Waals surface area contributed by atoms with E-state index in [4.69, 9.17) is 0 Å². The number of carbonyl (C=O) groups is 1. The lowest BCUT2D eigenvalue weighted by atomic mass is 9.73. The van der Waals surface area contributed by atoms with Gasteiger partial charge in [0.2, 0.25) is 5.91 Å². The quantitative estimate of drug-likeness (QED) is 0.555. The summed E-state index contributed by atoms with van der Waals surface area (Å²) >= 11 is 0. The number of amides is 1. The molecule has 0 bridgehead atoms. The highest BCUT2D eigenvalue weighted by atomic mass is 19.4. The van der Waals surface area contributed by atoms with Gasteiger partial charge in [-0.2, -0.15) is 13.2 Å². The van der Waals surface area contributed by atoms with Gasteiger partial charge in [-0.15, -0.1) is 0 Å². The number of alkyl halides is 3. The first-order chi connectivity index (χ1) is 16.8. The minimum atomic E-state index is -4.50. The van der Waals surface area contributed by atoms with E-state index < -0.39 is 11.9 Å². The maximum Gasteiger partial charge on any atom is 0.433 e. The third-order valence-corrected chi connectivity index (χ3v) is 7.16. The van der Waals surface area contributed by atoms with Crippen LogP contribution in [0.15, 0.2) is 24.7 Å². The van der Waals surface area contributed by atoms with Crippen molar-refractivity contribution >= 4 is 22.9 Å². The van der Waals surface area contributed by atoms with Gasteiger partial charge >= 0.3 is 6.18 Å². The molecule has 0 aromatic carbocycles.